The van der Waals surface area contributed by atoms with Crippen LogP contribution in [-0.2, 0) is 28.6 Å². The Kier molecular flexibility index (Phi) is 19.0. The summed E-state index contributed by atoms with van der Waals surface area (Å²) in [5, 5.41) is 75.1. The lowest BCUT2D eigenvalue weighted by Crippen LogP contribution is -2.46. The number of nitrogens with two attached hydrogens (primary N) is 1. The van der Waals surface area contributed by atoms with Crippen LogP contribution in [-0.4, -0.2) is 147 Å². The molecule has 0 radical (unpaired) electrons. The number of carboxylic acid groups (broad SMARTS) is 1. The summed E-state index contributed by atoms with van der Waals surface area (Å²) in [6.07, 6.45) is 7.35. The Morgan fingerprint density at radius 1 is 0.985 bits per heavy atom. The SMILES string of the molecule is CCCC[C@@H](N)C(=O)O.CO[C@H]1/C=C/O[C@@]2(C)Oc3c(C)c(O)c4c(O)c(c(/C=N\N5CCN(C)CC5)c(O)c4c3C2=O)NC(=O)/C(C)=C\C=C\[C@@H](C)[C@H](O)[C@@H](C)[C@H](O)[C@@H](C)[C@H](OC(C)=O)[C@@H]1C. The zero-order valence-corrected chi connectivity index (χ0v) is 41.0. The van der Waals surface area contributed by atoms with Crippen molar-refractivity contribution >= 4 is 46.3 Å². The van der Waals surface area contributed by atoms with Crippen LogP contribution in [0.4, 0.5) is 5.69 Å². The number of hydrogen-bond donors (Lipinski definition) is 8. The second-order valence-electron chi connectivity index (χ2n) is 18.2. The van der Waals surface area contributed by atoms with E-state index in [-0.39, 0.29) is 44.5 Å². The van der Waals surface area contributed by atoms with Gasteiger partial charge in [-0.2, -0.15) is 5.10 Å². The van der Waals surface area contributed by atoms with Crippen molar-refractivity contribution in [1.82, 2.24) is 9.91 Å². The Morgan fingerprint density at radius 3 is 2.22 bits per heavy atom. The van der Waals surface area contributed by atoms with Crippen molar-refractivity contribution in [2.24, 2.45) is 34.5 Å². The molecule has 68 heavy (non-hydrogen) atoms. The van der Waals surface area contributed by atoms with Gasteiger partial charge < -0.3 is 65.5 Å². The number of allylic oxidation sites excluding steroid dienone is 2. The Labute approximate surface area is 397 Å². The molecular formula is C49H71N5O14. The number of carboxylic acids is 1. The first-order valence-corrected chi connectivity index (χ1v) is 23.0. The van der Waals surface area contributed by atoms with E-state index >= 15 is 0 Å². The fourth-order valence-electron chi connectivity index (χ4n) is 8.47. The molecule has 19 nitrogen and oxygen atoms in total. The molecule has 19 heteroatoms. The lowest BCUT2D eigenvalue weighted by atomic mass is 9.78. The van der Waals surface area contributed by atoms with E-state index in [0.717, 1.165) is 25.9 Å². The second kappa shape index (κ2) is 23.5. The molecule has 0 spiro atoms. The molecule has 6 rings (SSSR count). The van der Waals surface area contributed by atoms with Crippen molar-refractivity contribution in [2.75, 3.05) is 45.7 Å². The number of rotatable bonds is 8. The summed E-state index contributed by atoms with van der Waals surface area (Å²) < 4.78 is 23.6. The van der Waals surface area contributed by atoms with Gasteiger partial charge in [-0.1, -0.05) is 65.7 Å². The summed E-state index contributed by atoms with van der Waals surface area (Å²) in [5.41, 5.74) is 4.85. The van der Waals surface area contributed by atoms with Gasteiger partial charge in [-0.3, -0.25) is 24.2 Å². The van der Waals surface area contributed by atoms with Crippen LogP contribution >= 0.6 is 0 Å². The standard InChI is InChI=1S/C43H58N4O12.C6H13NO2/c1-21-12-11-13-22(2)42(55)45-33-28(20-44-47-17-15-46(9)16-18-47)37(52)30-31(38(33)53)36(51)26(6)40-32(30)41(54)43(8,59-40)57-19-14-29(56-10)23(3)39(58-27(7)48)25(5)35(50)24(4)34(21)49;1-2-3-4-5(7)6(8)9/h11-14,19-21,23-25,29,34-35,39,49-53H,15-18H2,1-10H3,(H,45,55);5H,2-4,7H2,1H3,(H,8,9)/b12-11+,19-14+,22-13-,44-20-;/t21-,23-,24-,25-,29+,34+,35+,39-,43+;5-/m11/s1. The second-order valence-corrected chi connectivity index (χ2v) is 18.2. The van der Waals surface area contributed by atoms with Crippen molar-refractivity contribution in [3.8, 4) is 23.0 Å². The van der Waals surface area contributed by atoms with Gasteiger partial charge in [0, 0.05) is 87.3 Å². The van der Waals surface area contributed by atoms with Gasteiger partial charge in [0.05, 0.1) is 53.0 Å². The summed E-state index contributed by atoms with van der Waals surface area (Å²) in [4.78, 5) is 52.7. The zero-order valence-electron chi connectivity index (χ0n) is 41.0. The molecule has 9 N–H and O–H groups in total. The number of unbranched alkanes of at least 4 members (excludes halogenated alkanes) is 1. The lowest BCUT2D eigenvalue weighted by molar-refractivity contribution is -0.160. The predicted octanol–water partition coefficient (Wildman–Crippen LogP) is 4.92. The molecule has 0 saturated carbocycles. The molecule has 5 bridgehead atoms. The fraction of sp³-hybridized carbons (Fsp3) is 0.571. The number of aliphatic hydroxyl groups excluding tert-OH is 2. The highest BCUT2D eigenvalue weighted by Gasteiger charge is 2.50. The average Bonchev–Trinajstić information content (AvgIpc) is 3.56. The number of hydrazone groups is 1. The molecule has 2 aromatic carbocycles. The van der Waals surface area contributed by atoms with Crippen molar-refractivity contribution < 1.29 is 68.8 Å². The van der Waals surface area contributed by atoms with Crippen LogP contribution < -0.4 is 15.8 Å². The summed E-state index contributed by atoms with van der Waals surface area (Å²) in [5.74, 6) is -9.24. The van der Waals surface area contributed by atoms with E-state index in [2.05, 4.69) is 15.3 Å². The number of Topliss-reactive ketones (excluding diaryl/α,β-unsaturated/α-hetero) is 1. The number of amides is 1. The third kappa shape index (κ3) is 12.3. The smallest absolute Gasteiger partial charge is 0.320 e. The maximum atomic E-state index is 14.4. The monoisotopic (exact) mass is 953 g/mol. The summed E-state index contributed by atoms with van der Waals surface area (Å²) in [6.45, 7) is 17.1. The molecule has 0 aromatic heterocycles. The minimum absolute atomic E-state index is 0.0559. The Balaban J connectivity index is 0.00000101. The zero-order chi connectivity index (χ0) is 50.9. The van der Waals surface area contributed by atoms with E-state index in [1.54, 1.807) is 44.9 Å². The van der Waals surface area contributed by atoms with E-state index in [9.17, 15) is 44.7 Å². The van der Waals surface area contributed by atoms with Crippen molar-refractivity contribution in [2.45, 2.75) is 118 Å². The molecule has 4 heterocycles. The number of nitrogens with one attached hydrogen (secondary N) is 1. The Hall–Kier alpha value is -5.73. The van der Waals surface area contributed by atoms with Crippen LogP contribution in [0, 0.1) is 30.6 Å². The van der Waals surface area contributed by atoms with E-state index in [4.69, 9.17) is 29.8 Å². The highest BCUT2D eigenvalue weighted by atomic mass is 16.7. The van der Waals surface area contributed by atoms with Crippen LogP contribution in [0.3, 0.4) is 0 Å². The molecule has 1 amide bonds. The van der Waals surface area contributed by atoms with Crippen LogP contribution in [0.15, 0.2) is 41.2 Å². The number of benzene rings is 2. The molecular weight excluding hydrogens is 883 g/mol. The Morgan fingerprint density at radius 2 is 1.63 bits per heavy atom. The van der Waals surface area contributed by atoms with Crippen molar-refractivity contribution in [3.05, 3.63) is 52.8 Å². The van der Waals surface area contributed by atoms with Gasteiger partial charge in [-0.05, 0) is 33.4 Å². The quantitative estimate of drug-likeness (QED) is 0.0754. The number of carbonyl (C=O) groups is 4. The number of aliphatic carboxylic acids is 1. The number of nitrogens with zero attached hydrogens (tertiary/aromatic N) is 3. The lowest BCUT2D eigenvalue weighted by Gasteiger charge is -2.38. The van der Waals surface area contributed by atoms with Crippen LogP contribution in [0.5, 0.6) is 23.0 Å². The topological polar surface area (TPSA) is 283 Å². The average molecular weight is 954 g/mol. The number of esters is 1. The maximum Gasteiger partial charge on any atom is 0.320 e. The molecule has 2 aromatic rings. The molecule has 0 unspecified atom stereocenters. The van der Waals surface area contributed by atoms with Crippen molar-refractivity contribution in [3.63, 3.8) is 0 Å². The third-order valence-corrected chi connectivity index (χ3v) is 13.0. The number of hydrogen-bond acceptors (Lipinski definition) is 17. The minimum Gasteiger partial charge on any atom is -0.507 e. The molecule has 376 valence electrons. The number of carbonyl (C=O) groups excluding carboxylic acids is 3. The van der Waals surface area contributed by atoms with E-state index in [1.807, 2.05) is 14.0 Å². The largest absolute Gasteiger partial charge is 0.507 e. The highest BCUT2D eigenvalue weighted by molar-refractivity contribution is 6.23. The number of anilines is 1. The number of phenols is 3. The number of phenolic OH excluding ortho intramolecular Hbond substituents is 3. The van der Waals surface area contributed by atoms with E-state index in [0.29, 0.717) is 19.5 Å². The number of aliphatic hydroxyl groups is 2. The van der Waals surface area contributed by atoms with E-state index < -0.39 is 101 Å². The van der Waals surface area contributed by atoms with Gasteiger partial charge in [0.1, 0.15) is 29.4 Å². The Bertz CT molecular complexity index is 2290. The van der Waals surface area contributed by atoms with Crippen LogP contribution in [0.25, 0.3) is 10.8 Å². The molecule has 0 aliphatic carbocycles. The maximum absolute atomic E-state index is 14.4. The van der Waals surface area contributed by atoms with Gasteiger partial charge in [0.25, 0.3) is 11.7 Å². The van der Waals surface area contributed by atoms with Gasteiger partial charge >= 0.3 is 17.7 Å². The highest BCUT2D eigenvalue weighted by Crippen LogP contribution is 2.55. The third-order valence-electron chi connectivity index (χ3n) is 13.0. The minimum atomic E-state index is -2.04. The van der Waals surface area contributed by atoms with Gasteiger partial charge in [-0.25, -0.2) is 0 Å². The normalized spacial score (nSPS) is 29.6. The van der Waals surface area contributed by atoms with Gasteiger partial charge in [0.2, 0.25) is 0 Å². The summed E-state index contributed by atoms with van der Waals surface area (Å²) >= 11 is 0. The van der Waals surface area contributed by atoms with Gasteiger partial charge in [-0.15, -0.1) is 0 Å². The van der Waals surface area contributed by atoms with E-state index in [1.165, 1.54) is 59.4 Å². The van der Waals surface area contributed by atoms with Crippen LogP contribution in [0.1, 0.15) is 96.1 Å². The molecule has 1 fully saturated rings. The molecule has 4 aliphatic rings. The van der Waals surface area contributed by atoms with Crippen LogP contribution in [0.2, 0.25) is 0 Å². The summed E-state index contributed by atoms with van der Waals surface area (Å²) in [7, 11) is 3.42. The predicted molar refractivity (Wildman–Crippen MR) is 256 cm³/mol. The van der Waals surface area contributed by atoms with Gasteiger partial charge in [0.15, 0.2) is 5.75 Å². The molecule has 1 saturated heterocycles. The van der Waals surface area contributed by atoms with Crippen molar-refractivity contribution in [1.29, 1.82) is 0 Å². The first-order chi connectivity index (χ1) is 31.9. The summed E-state index contributed by atoms with van der Waals surface area (Å²) in [6, 6.07) is -0.662. The fourth-order valence-corrected chi connectivity index (χ4v) is 8.47. The first-order valence-electron chi connectivity index (χ1n) is 23.0. The molecule has 10 atom stereocenters. The number of ether oxygens (including phenoxy) is 4. The number of piperazine rings is 1. The number of methoxy groups -OCH3 is 1. The molecule has 4 aliphatic heterocycles. The number of fused-ring (bicyclic) bond motifs is 14. The number of aromatic hydroxyl groups is 3. The number of ketones is 1. The first kappa shape index (κ1) is 54.9. The number of likely N-dealkylation sites (N-methyl/N-ethyl adjacent to an activating group) is 1.